The molecule has 0 bridgehead atoms. The van der Waals surface area contributed by atoms with Gasteiger partial charge in [0.25, 0.3) is 11.5 Å². The smallest absolute Gasteiger partial charge is 0.272 e. The fraction of sp³-hybridized carbons (Fsp3) is 0.500. The maximum atomic E-state index is 12.4. The Morgan fingerprint density at radius 3 is 2.74 bits per heavy atom. The number of hydrogen-bond acceptors (Lipinski definition) is 4. The first-order valence-corrected chi connectivity index (χ1v) is 7.84. The van der Waals surface area contributed by atoms with Crippen LogP contribution in [-0.2, 0) is 13.6 Å². The number of carbonyl (C=O) groups is 1. The van der Waals surface area contributed by atoms with Crippen molar-refractivity contribution >= 4 is 5.91 Å². The van der Waals surface area contributed by atoms with Crippen molar-refractivity contribution in [1.29, 1.82) is 0 Å². The summed E-state index contributed by atoms with van der Waals surface area (Å²) in [4.78, 5) is 30.5. The molecule has 3 heterocycles. The second kappa shape index (κ2) is 6.36. The van der Waals surface area contributed by atoms with Crippen LogP contribution < -0.4 is 5.56 Å². The summed E-state index contributed by atoms with van der Waals surface area (Å²) in [7, 11) is 1.77. The van der Waals surface area contributed by atoms with Gasteiger partial charge in [-0.05, 0) is 31.7 Å². The molecule has 1 aliphatic rings. The van der Waals surface area contributed by atoms with Crippen LogP contribution in [0.3, 0.4) is 0 Å². The number of amides is 1. The summed E-state index contributed by atoms with van der Waals surface area (Å²) in [5, 5.41) is 4.05. The van der Waals surface area contributed by atoms with Gasteiger partial charge >= 0.3 is 0 Å². The van der Waals surface area contributed by atoms with E-state index in [9.17, 15) is 9.59 Å². The fourth-order valence-electron chi connectivity index (χ4n) is 3.03. The van der Waals surface area contributed by atoms with Crippen molar-refractivity contribution < 1.29 is 4.79 Å². The van der Waals surface area contributed by atoms with Crippen LogP contribution in [0, 0.1) is 12.8 Å². The molecule has 0 N–H and O–H groups in total. The molecule has 1 fully saturated rings. The Labute approximate surface area is 134 Å². The Hall–Kier alpha value is -2.44. The van der Waals surface area contributed by atoms with Crippen molar-refractivity contribution in [3.63, 3.8) is 0 Å². The topological polar surface area (TPSA) is 73.0 Å². The summed E-state index contributed by atoms with van der Waals surface area (Å²) in [5.41, 5.74) is 1.30. The van der Waals surface area contributed by atoms with Crippen LogP contribution in [0.25, 0.3) is 0 Å². The molecule has 7 heteroatoms. The van der Waals surface area contributed by atoms with E-state index in [4.69, 9.17) is 0 Å². The predicted molar refractivity (Wildman–Crippen MR) is 85.1 cm³/mol. The molecule has 122 valence electrons. The lowest BCUT2D eigenvalue weighted by Gasteiger charge is -2.32. The van der Waals surface area contributed by atoms with Crippen LogP contribution >= 0.6 is 0 Å². The average Bonchev–Trinajstić information content (AvgIpc) is 2.98. The molecule has 23 heavy (non-hydrogen) atoms. The number of nitrogens with zero attached hydrogens (tertiary/aromatic N) is 5. The second-order valence-electron chi connectivity index (χ2n) is 6.11. The molecular formula is C16H21N5O2. The van der Waals surface area contributed by atoms with Gasteiger partial charge < -0.3 is 4.90 Å². The summed E-state index contributed by atoms with van der Waals surface area (Å²) in [6.45, 7) is 3.87. The molecule has 1 amide bonds. The minimum absolute atomic E-state index is 0.0217. The van der Waals surface area contributed by atoms with E-state index >= 15 is 0 Å². The van der Waals surface area contributed by atoms with E-state index in [0.717, 1.165) is 12.8 Å². The number of carbonyl (C=O) groups excluding carboxylic acids is 1. The highest BCUT2D eigenvalue weighted by atomic mass is 16.2. The van der Waals surface area contributed by atoms with Gasteiger partial charge in [0.05, 0.1) is 6.33 Å². The van der Waals surface area contributed by atoms with E-state index in [0.29, 0.717) is 36.8 Å². The Balaban J connectivity index is 1.60. The SMILES string of the molecule is Cc1cncn(CC2CCN(C(=O)c3ccnn3C)CC2)c1=O. The first-order valence-electron chi connectivity index (χ1n) is 7.84. The van der Waals surface area contributed by atoms with Gasteiger partial charge in [0.15, 0.2) is 0 Å². The van der Waals surface area contributed by atoms with E-state index in [1.54, 1.807) is 48.0 Å². The van der Waals surface area contributed by atoms with Crippen molar-refractivity contribution in [2.75, 3.05) is 13.1 Å². The minimum atomic E-state index is 0.0217. The lowest BCUT2D eigenvalue weighted by Crippen LogP contribution is -2.40. The van der Waals surface area contributed by atoms with Gasteiger partial charge in [-0.1, -0.05) is 0 Å². The Morgan fingerprint density at radius 2 is 2.09 bits per heavy atom. The molecule has 0 unspecified atom stereocenters. The third-order valence-electron chi connectivity index (χ3n) is 4.47. The zero-order chi connectivity index (χ0) is 16.4. The first kappa shape index (κ1) is 15.5. The summed E-state index contributed by atoms with van der Waals surface area (Å²) >= 11 is 0. The maximum Gasteiger partial charge on any atom is 0.272 e. The number of rotatable bonds is 3. The van der Waals surface area contributed by atoms with E-state index < -0.39 is 0 Å². The van der Waals surface area contributed by atoms with Gasteiger partial charge in [0, 0.05) is 44.6 Å². The van der Waals surface area contributed by atoms with E-state index in [1.807, 2.05) is 4.90 Å². The molecule has 1 saturated heterocycles. The summed E-state index contributed by atoms with van der Waals surface area (Å²) < 4.78 is 3.28. The monoisotopic (exact) mass is 315 g/mol. The summed E-state index contributed by atoms with van der Waals surface area (Å²) in [6.07, 6.45) is 6.61. The molecule has 7 nitrogen and oxygen atoms in total. The number of hydrogen-bond donors (Lipinski definition) is 0. The molecule has 0 atom stereocenters. The van der Waals surface area contributed by atoms with Gasteiger partial charge in [0.2, 0.25) is 0 Å². The largest absolute Gasteiger partial charge is 0.337 e. The van der Waals surface area contributed by atoms with Crippen LogP contribution in [0.15, 0.2) is 29.6 Å². The third-order valence-corrected chi connectivity index (χ3v) is 4.47. The van der Waals surface area contributed by atoms with E-state index in [1.165, 1.54) is 0 Å². The number of aryl methyl sites for hydroxylation is 2. The van der Waals surface area contributed by atoms with Crippen LogP contribution in [0.2, 0.25) is 0 Å². The van der Waals surface area contributed by atoms with Crippen molar-refractivity contribution in [1.82, 2.24) is 24.2 Å². The Morgan fingerprint density at radius 1 is 1.35 bits per heavy atom. The molecule has 0 aliphatic carbocycles. The van der Waals surface area contributed by atoms with Gasteiger partial charge in [-0.2, -0.15) is 5.10 Å². The highest BCUT2D eigenvalue weighted by Crippen LogP contribution is 2.20. The molecule has 1 aliphatic heterocycles. The van der Waals surface area contributed by atoms with Crippen LogP contribution in [0.1, 0.15) is 28.9 Å². The zero-order valence-electron chi connectivity index (χ0n) is 13.5. The van der Waals surface area contributed by atoms with Gasteiger partial charge in [0.1, 0.15) is 5.69 Å². The number of aromatic nitrogens is 4. The standard InChI is InChI=1S/C16H21N5O2/c1-12-9-17-11-21(15(12)22)10-13-4-7-20(8-5-13)16(23)14-3-6-18-19(14)2/h3,6,9,11,13H,4-5,7-8,10H2,1-2H3. The second-order valence-corrected chi connectivity index (χ2v) is 6.11. The molecule has 2 aromatic rings. The van der Waals surface area contributed by atoms with Crippen LogP contribution in [0.4, 0.5) is 0 Å². The first-order chi connectivity index (χ1) is 11.1. The fourth-order valence-corrected chi connectivity index (χ4v) is 3.03. The van der Waals surface area contributed by atoms with E-state index in [2.05, 4.69) is 10.1 Å². The Bertz CT molecular complexity index is 756. The molecular weight excluding hydrogens is 294 g/mol. The zero-order valence-corrected chi connectivity index (χ0v) is 13.5. The maximum absolute atomic E-state index is 12.4. The quantitative estimate of drug-likeness (QED) is 0.841. The lowest BCUT2D eigenvalue weighted by molar-refractivity contribution is 0.0671. The lowest BCUT2D eigenvalue weighted by atomic mass is 9.96. The highest BCUT2D eigenvalue weighted by Gasteiger charge is 2.25. The normalized spacial score (nSPS) is 15.8. The molecule has 0 radical (unpaired) electrons. The molecule has 3 rings (SSSR count). The Kier molecular flexibility index (Phi) is 4.27. The number of likely N-dealkylation sites (tertiary alicyclic amines) is 1. The summed E-state index contributed by atoms with van der Waals surface area (Å²) in [5.74, 6) is 0.421. The van der Waals surface area contributed by atoms with Crippen LogP contribution in [-0.4, -0.2) is 43.2 Å². The minimum Gasteiger partial charge on any atom is -0.337 e. The third kappa shape index (κ3) is 3.18. The van der Waals surface area contributed by atoms with Crippen molar-refractivity contribution in [2.24, 2.45) is 13.0 Å². The van der Waals surface area contributed by atoms with Gasteiger partial charge in [-0.25, -0.2) is 4.98 Å². The van der Waals surface area contributed by atoms with Crippen molar-refractivity contribution in [2.45, 2.75) is 26.3 Å². The van der Waals surface area contributed by atoms with Gasteiger partial charge in [-0.3, -0.25) is 18.8 Å². The van der Waals surface area contributed by atoms with Crippen LogP contribution in [0.5, 0.6) is 0 Å². The number of piperidine rings is 1. The molecule has 0 spiro atoms. The molecule has 2 aromatic heterocycles. The predicted octanol–water partition coefficient (Wildman–Crippen LogP) is 0.838. The van der Waals surface area contributed by atoms with Gasteiger partial charge in [-0.15, -0.1) is 0 Å². The summed E-state index contributed by atoms with van der Waals surface area (Å²) in [6, 6.07) is 1.74. The average molecular weight is 315 g/mol. The van der Waals surface area contributed by atoms with E-state index in [-0.39, 0.29) is 11.5 Å². The highest BCUT2D eigenvalue weighted by molar-refractivity contribution is 5.92. The molecule has 0 aromatic carbocycles. The van der Waals surface area contributed by atoms with Crippen molar-refractivity contribution in [3.8, 4) is 0 Å². The van der Waals surface area contributed by atoms with Crippen molar-refractivity contribution in [3.05, 3.63) is 46.4 Å². The molecule has 0 saturated carbocycles.